The predicted octanol–water partition coefficient (Wildman–Crippen LogP) is 4.46. The molecule has 3 N–H and O–H groups in total. The third-order valence-corrected chi connectivity index (χ3v) is 8.42. The van der Waals surface area contributed by atoms with Gasteiger partial charge in [0.1, 0.15) is 6.67 Å². The third kappa shape index (κ3) is 5.83. The summed E-state index contributed by atoms with van der Waals surface area (Å²) in [5.74, 6) is 0.525. The molecule has 2 aromatic heterocycles. The summed E-state index contributed by atoms with van der Waals surface area (Å²) in [7, 11) is -3.39. The Morgan fingerprint density at radius 2 is 1.65 bits per heavy atom. The Kier molecular flexibility index (Phi) is 7.94. The topological polar surface area (TPSA) is 137 Å². The Labute approximate surface area is 215 Å². The Balaban J connectivity index is 1.55. The molecule has 0 saturated carbocycles. The number of hydrogen-bond acceptors (Lipinski definition) is 9. The van der Waals surface area contributed by atoms with Crippen LogP contribution in [0.1, 0.15) is 32.8 Å². The standard InChI is InChI=1S/C26H29FN6O3S/c1-4-17(3)37(34,35)21-11-9-19(10-12-21)22-15-30-24(28)23(31-22)26-33-32-25(36-26)20-7-5-18(6-8-20)14-29-16(2)13-27/h5-12,15-17,29H,4,13-14H2,1-3H3,(H2,28,30). The molecule has 0 spiro atoms. The molecule has 0 aliphatic heterocycles. The molecule has 4 aromatic rings. The van der Waals surface area contributed by atoms with E-state index in [9.17, 15) is 12.8 Å². The monoisotopic (exact) mass is 524 g/mol. The van der Waals surface area contributed by atoms with Crippen molar-refractivity contribution in [2.24, 2.45) is 0 Å². The van der Waals surface area contributed by atoms with Crippen molar-refractivity contribution in [3.63, 3.8) is 0 Å². The highest BCUT2D eigenvalue weighted by atomic mass is 32.2. The fraction of sp³-hybridized carbons (Fsp3) is 0.308. The van der Waals surface area contributed by atoms with Crippen LogP contribution in [0.2, 0.25) is 0 Å². The number of halogens is 1. The maximum absolute atomic E-state index is 12.6. The van der Waals surface area contributed by atoms with E-state index in [4.69, 9.17) is 10.2 Å². The van der Waals surface area contributed by atoms with Gasteiger partial charge in [0.15, 0.2) is 21.3 Å². The molecule has 9 nitrogen and oxygen atoms in total. The van der Waals surface area contributed by atoms with Gasteiger partial charge in [-0.25, -0.2) is 22.8 Å². The van der Waals surface area contributed by atoms with Crippen LogP contribution in [0.3, 0.4) is 0 Å². The van der Waals surface area contributed by atoms with Crippen molar-refractivity contribution in [3.05, 3.63) is 60.3 Å². The molecule has 0 amide bonds. The van der Waals surface area contributed by atoms with Crippen LogP contribution in [-0.2, 0) is 16.4 Å². The van der Waals surface area contributed by atoms with Crippen molar-refractivity contribution in [1.29, 1.82) is 0 Å². The van der Waals surface area contributed by atoms with E-state index in [1.54, 1.807) is 38.1 Å². The molecule has 2 unspecified atom stereocenters. The first-order valence-corrected chi connectivity index (χ1v) is 13.5. The van der Waals surface area contributed by atoms with Gasteiger partial charge in [0.25, 0.3) is 5.89 Å². The van der Waals surface area contributed by atoms with E-state index in [-0.39, 0.29) is 34.2 Å². The van der Waals surface area contributed by atoms with Crippen LogP contribution in [0.5, 0.6) is 0 Å². The summed E-state index contributed by atoms with van der Waals surface area (Å²) in [5, 5.41) is 10.8. The molecule has 11 heteroatoms. The highest BCUT2D eigenvalue weighted by Gasteiger charge is 2.22. The largest absolute Gasteiger partial charge is 0.414 e. The molecule has 0 aliphatic carbocycles. The second kappa shape index (κ2) is 11.1. The second-order valence-corrected chi connectivity index (χ2v) is 11.2. The predicted molar refractivity (Wildman–Crippen MR) is 140 cm³/mol. The number of nitrogens with one attached hydrogen (secondary N) is 1. The van der Waals surface area contributed by atoms with Gasteiger partial charge < -0.3 is 15.5 Å². The van der Waals surface area contributed by atoms with Crippen LogP contribution in [0, 0.1) is 0 Å². The zero-order chi connectivity index (χ0) is 26.6. The normalized spacial score (nSPS) is 13.4. The van der Waals surface area contributed by atoms with Gasteiger partial charge in [-0.3, -0.25) is 0 Å². The maximum atomic E-state index is 12.6. The lowest BCUT2D eigenvalue weighted by Gasteiger charge is -2.11. The molecule has 0 bridgehead atoms. The summed E-state index contributed by atoms with van der Waals surface area (Å²) in [4.78, 5) is 9.03. The van der Waals surface area contributed by atoms with Gasteiger partial charge in [-0.1, -0.05) is 31.2 Å². The van der Waals surface area contributed by atoms with Gasteiger partial charge >= 0.3 is 0 Å². The number of nitrogens with two attached hydrogens (primary N) is 1. The number of alkyl halides is 1. The zero-order valence-electron chi connectivity index (χ0n) is 20.8. The van der Waals surface area contributed by atoms with Gasteiger partial charge in [-0.05, 0) is 50.1 Å². The fourth-order valence-corrected chi connectivity index (χ4v) is 4.93. The first-order chi connectivity index (χ1) is 17.7. The highest BCUT2D eigenvalue weighted by Crippen LogP contribution is 2.29. The molecule has 2 heterocycles. The molecule has 0 saturated heterocycles. The van der Waals surface area contributed by atoms with Crippen molar-refractivity contribution in [1.82, 2.24) is 25.5 Å². The summed E-state index contributed by atoms with van der Waals surface area (Å²) in [5.41, 5.74) is 9.14. The van der Waals surface area contributed by atoms with Crippen molar-refractivity contribution in [2.75, 3.05) is 12.4 Å². The van der Waals surface area contributed by atoms with E-state index >= 15 is 0 Å². The number of rotatable bonds is 10. The summed E-state index contributed by atoms with van der Waals surface area (Å²) in [6.45, 7) is 5.44. The smallest absolute Gasteiger partial charge is 0.270 e. The Hall–Kier alpha value is -3.70. The lowest BCUT2D eigenvalue weighted by molar-refractivity contribution is 0.391. The molecule has 2 aromatic carbocycles. The molecule has 0 radical (unpaired) electrons. The van der Waals surface area contributed by atoms with Crippen LogP contribution in [0.4, 0.5) is 10.2 Å². The van der Waals surface area contributed by atoms with Gasteiger partial charge in [0.2, 0.25) is 5.89 Å². The zero-order valence-corrected chi connectivity index (χ0v) is 21.7. The quantitative estimate of drug-likeness (QED) is 0.308. The lowest BCUT2D eigenvalue weighted by atomic mass is 10.1. The van der Waals surface area contributed by atoms with Crippen LogP contribution in [0.15, 0.2) is 64.0 Å². The minimum atomic E-state index is -3.39. The summed E-state index contributed by atoms with van der Waals surface area (Å²) in [6, 6.07) is 13.8. The van der Waals surface area contributed by atoms with Crippen LogP contribution in [0.25, 0.3) is 34.3 Å². The van der Waals surface area contributed by atoms with E-state index in [1.165, 1.54) is 6.20 Å². The minimum Gasteiger partial charge on any atom is -0.414 e. The molecular weight excluding hydrogens is 495 g/mol. The molecular formula is C26H29FN6O3S. The molecule has 0 fully saturated rings. The average Bonchev–Trinajstić information content (AvgIpc) is 3.42. The molecule has 37 heavy (non-hydrogen) atoms. The molecule has 194 valence electrons. The maximum Gasteiger partial charge on any atom is 0.270 e. The minimum absolute atomic E-state index is 0.111. The summed E-state index contributed by atoms with van der Waals surface area (Å²) >= 11 is 0. The Bertz CT molecular complexity index is 1460. The Morgan fingerprint density at radius 3 is 2.30 bits per heavy atom. The van der Waals surface area contributed by atoms with E-state index < -0.39 is 21.8 Å². The molecule has 4 rings (SSSR count). The number of sulfone groups is 1. The van der Waals surface area contributed by atoms with E-state index in [2.05, 4.69) is 25.5 Å². The first kappa shape index (κ1) is 26.4. The number of nitrogen functional groups attached to an aromatic ring is 1. The van der Waals surface area contributed by atoms with Gasteiger partial charge in [-0.15, -0.1) is 10.2 Å². The molecule has 2 atom stereocenters. The van der Waals surface area contributed by atoms with Gasteiger partial charge in [-0.2, -0.15) is 0 Å². The summed E-state index contributed by atoms with van der Waals surface area (Å²) in [6.07, 6.45) is 2.04. The van der Waals surface area contributed by atoms with Crippen LogP contribution in [-0.4, -0.2) is 46.5 Å². The number of anilines is 1. The fourth-order valence-electron chi connectivity index (χ4n) is 3.51. The van der Waals surface area contributed by atoms with Crippen LogP contribution >= 0.6 is 0 Å². The average molecular weight is 525 g/mol. The van der Waals surface area contributed by atoms with Crippen LogP contribution < -0.4 is 11.1 Å². The van der Waals surface area contributed by atoms with E-state index in [0.29, 0.717) is 29.8 Å². The van der Waals surface area contributed by atoms with Crippen molar-refractivity contribution in [3.8, 4) is 34.3 Å². The van der Waals surface area contributed by atoms with Crippen molar-refractivity contribution < 1.29 is 17.2 Å². The Morgan fingerprint density at radius 1 is 1.00 bits per heavy atom. The first-order valence-electron chi connectivity index (χ1n) is 11.9. The number of hydrogen-bond donors (Lipinski definition) is 2. The highest BCUT2D eigenvalue weighted by molar-refractivity contribution is 7.92. The van der Waals surface area contributed by atoms with Crippen molar-refractivity contribution >= 4 is 15.7 Å². The number of aromatic nitrogens is 4. The van der Waals surface area contributed by atoms with Gasteiger partial charge in [0, 0.05) is 23.7 Å². The van der Waals surface area contributed by atoms with E-state index in [0.717, 1.165) is 5.56 Å². The van der Waals surface area contributed by atoms with Gasteiger partial charge in [0.05, 0.1) is 22.0 Å². The SMILES string of the molecule is CCC(C)S(=O)(=O)c1ccc(-c2cnc(N)c(-c3nnc(-c4ccc(CNC(C)CF)cc4)o3)n2)cc1. The second-order valence-electron chi connectivity index (χ2n) is 8.82. The van der Waals surface area contributed by atoms with E-state index in [1.807, 2.05) is 31.2 Å². The lowest BCUT2D eigenvalue weighted by Crippen LogP contribution is -2.27. The number of benzene rings is 2. The third-order valence-electron chi connectivity index (χ3n) is 6.10. The van der Waals surface area contributed by atoms with Crippen molar-refractivity contribution in [2.45, 2.75) is 49.9 Å². The summed E-state index contributed by atoms with van der Waals surface area (Å²) < 4.78 is 43.7. The number of nitrogens with zero attached hydrogens (tertiary/aromatic N) is 4. The molecule has 0 aliphatic rings.